The van der Waals surface area contributed by atoms with Crippen molar-refractivity contribution < 1.29 is 9.53 Å². The summed E-state index contributed by atoms with van der Waals surface area (Å²) in [6.45, 7) is 7.66. The Morgan fingerprint density at radius 3 is 2.75 bits per heavy atom. The Labute approximate surface area is 99.8 Å². The van der Waals surface area contributed by atoms with Crippen LogP contribution in [0.25, 0.3) is 0 Å². The summed E-state index contributed by atoms with van der Waals surface area (Å²) in [5.74, 6) is 2.22. The van der Waals surface area contributed by atoms with Gasteiger partial charge in [0.15, 0.2) is 0 Å². The molecule has 0 aromatic heterocycles. The molecule has 1 fully saturated rings. The molecule has 94 valence electrons. The van der Waals surface area contributed by atoms with Crippen molar-refractivity contribution in [2.24, 2.45) is 17.8 Å². The fourth-order valence-electron chi connectivity index (χ4n) is 2.71. The van der Waals surface area contributed by atoms with Gasteiger partial charge >= 0.3 is 0 Å². The largest absolute Gasteiger partial charge is 0.378 e. The van der Waals surface area contributed by atoms with Gasteiger partial charge in [0.05, 0.1) is 6.10 Å². The molecule has 16 heavy (non-hydrogen) atoms. The SMILES string of the molecule is CC1CCC(C(C)C)C(OCCCC=O)C1. The van der Waals surface area contributed by atoms with E-state index >= 15 is 0 Å². The Morgan fingerprint density at radius 2 is 2.12 bits per heavy atom. The lowest BCUT2D eigenvalue weighted by Crippen LogP contribution is -2.34. The first-order chi connectivity index (χ1) is 7.65. The Morgan fingerprint density at radius 1 is 1.38 bits per heavy atom. The van der Waals surface area contributed by atoms with E-state index in [-0.39, 0.29) is 0 Å². The maximum atomic E-state index is 10.2. The molecule has 1 rings (SSSR count). The Kier molecular flexibility index (Phi) is 6.04. The van der Waals surface area contributed by atoms with Gasteiger partial charge in [0.2, 0.25) is 0 Å². The summed E-state index contributed by atoms with van der Waals surface area (Å²) < 4.78 is 5.97. The first-order valence-electron chi connectivity index (χ1n) is 6.70. The van der Waals surface area contributed by atoms with Crippen molar-refractivity contribution in [1.29, 1.82) is 0 Å². The summed E-state index contributed by atoms with van der Waals surface area (Å²) in [6.07, 6.45) is 6.76. The molecule has 3 atom stereocenters. The minimum Gasteiger partial charge on any atom is -0.378 e. The monoisotopic (exact) mass is 226 g/mol. The van der Waals surface area contributed by atoms with Crippen LogP contribution in [0.3, 0.4) is 0 Å². The highest BCUT2D eigenvalue weighted by Crippen LogP contribution is 2.35. The zero-order valence-electron chi connectivity index (χ0n) is 10.9. The van der Waals surface area contributed by atoms with Crippen molar-refractivity contribution in [2.45, 2.75) is 59.0 Å². The maximum absolute atomic E-state index is 10.2. The van der Waals surface area contributed by atoms with E-state index in [1.54, 1.807) is 0 Å². The Hall–Kier alpha value is -0.370. The van der Waals surface area contributed by atoms with Gasteiger partial charge in [-0.3, -0.25) is 0 Å². The minimum atomic E-state index is 0.426. The van der Waals surface area contributed by atoms with E-state index in [1.807, 2.05) is 0 Å². The van der Waals surface area contributed by atoms with Gasteiger partial charge in [0.1, 0.15) is 6.29 Å². The molecule has 1 saturated carbocycles. The topological polar surface area (TPSA) is 26.3 Å². The summed E-state index contributed by atoms with van der Waals surface area (Å²) in [7, 11) is 0. The standard InChI is InChI=1S/C14H26O2/c1-11(2)13-7-6-12(3)10-14(13)16-9-5-4-8-15/h8,11-14H,4-7,9-10H2,1-3H3. The molecule has 0 aliphatic heterocycles. The van der Waals surface area contributed by atoms with Gasteiger partial charge in [0.25, 0.3) is 0 Å². The summed E-state index contributed by atoms with van der Waals surface area (Å²) in [5.41, 5.74) is 0. The molecule has 0 radical (unpaired) electrons. The van der Waals surface area contributed by atoms with E-state index in [9.17, 15) is 4.79 Å². The molecule has 2 heteroatoms. The van der Waals surface area contributed by atoms with Crippen LogP contribution < -0.4 is 0 Å². The van der Waals surface area contributed by atoms with Crippen molar-refractivity contribution in [2.75, 3.05) is 6.61 Å². The van der Waals surface area contributed by atoms with Crippen molar-refractivity contribution >= 4 is 6.29 Å². The highest BCUT2D eigenvalue weighted by Gasteiger charge is 2.30. The predicted molar refractivity (Wildman–Crippen MR) is 66.4 cm³/mol. The van der Waals surface area contributed by atoms with Crippen molar-refractivity contribution in [3.05, 3.63) is 0 Å². The number of hydrogen-bond acceptors (Lipinski definition) is 2. The Balaban J connectivity index is 2.35. The minimum absolute atomic E-state index is 0.426. The first-order valence-corrected chi connectivity index (χ1v) is 6.70. The number of carbonyl (C=O) groups is 1. The average molecular weight is 226 g/mol. The second kappa shape index (κ2) is 7.05. The lowest BCUT2D eigenvalue weighted by atomic mass is 9.75. The van der Waals surface area contributed by atoms with E-state index in [4.69, 9.17) is 4.74 Å². The van der Waals surface area contributed by atoms with Crippen LogP contribution in [0, 0.1) is 17.8 Å². The van der Waals surface area contributed by atoms with Gasteiger partial charge in [-0.2, -0.15) is 0 Å². The van der Waals surface area contributed by atoms with E-state index < -0.39 is 0 Å². The van der Waals surface area contributed by atoms with Crippen molar-refractivity contribution in [1.82, 2.24) is 0 Å². The third-order valence-corrected chi connectivity index (χ3v) is 3.76. The predicted octanol–water partition coefficient (Wildman–Crippen LogP) is 3.44. The van der Waals surface area contributed by atoms with Crippen LogP contribution in [0.15, 0.2) is 0 Å². The van der Waals surface area contributed by atoms with E-state index in [2.05, 4.69) is 20.8 Å². The molecule has 1 aliphatic carbocycles. The van der Waals surface area contributed by atoms with Crippen LogP contribution in [-0.4, -0.2) is 19.0 Å². The first kappa shape index (κ1) is 13.7. The molecule has 0 bridgehead atoms. The van der Waals surface area contributed by atoms with Gasteiger partial charge < -0.3 is 9.53 Å². The van der Waals surface area contributed by atoms with Crippen LogP contribution >= 0.6 is 0 Å². The summed E-state index contributed by atoms with van der Waals surface area (Å²) in [6, 6.07) is 0. The van der Waals surface area contributed by atoms with Gasteiger partial charge in [-0.15, -0.1) is 0 Å². The number of rotatable bonds is 6. The molecule has 0 amide bonds. The molecule has 0 saturated heterocycles. The molecule has 0 aromatic rings. The normalized spacial score (nSPS) is 30.6. The number of carbonyl (C=O) groups excluding carboxylic acids is 1. The smallest absolute Gasteiger partial charge is 0.120 e. The van der Waals surface area contributed by atoms with E-state index in [1.165, 1.54) is 19.3 Å². The second-order valence-corrected chi connectivity index (χ2v) is 5.54. The molecular weight excluding hydrogens is 200 g/mol. The lowest BCUT2D eigenvalue weighted by Gasteiger charge is -2.37. The van der Waals surface area contributed by atoms with E-state index in [0.717, 1.165) is 25.2 Å². The number of hydrogen-bond donors (Lipinski definition) is 0. The molecule has 0 heterocycles. The van der Waals surface area contributed by atoms with Gasteiger partial charge in [-0.1, -0.05) is 27.2 Å². The highest BCUT2D eigenvalue weighted by molar-refractivity contribution is 5.48. The third-order valence-electron chi connectivity index (χ3n) is 3.76. The lowest BCUT2D eigenvalue weighted by molar-refractivity contribution is -0.108. The van der Waals surface area contributed by atoms with Crippen LogP contribution in [-0.2, 0) is 9.53 Å². The van der Waals surface area contributed by atoms with E-state index in [0.29, 0.717) is 24.4 Å². The molecule has 3 unspecified atom stereocenters. The van der Waals surface area contributed by atoms with Gasteiger partial charge in [-0.25, -0.2) is 0 Å². The fraction of sp³-hybridized carbons (Fsp3) is 0.929. The Bertz CT molecular complexity index is 201. The average Bonchev–Trinajstić information content (AvgIpc) is 2.24. The van der Waals surface area contributed by atoms with Crippen molar-refractivity contribution in [3.8, 4) is 0 Å². The van der Waals surface area contributed by atoms with Crippen LogP contribution in [0.2, 0.25) is 0 Å². The zero-order chi connectivity index (χ0) is 12.0. The number of unbranched alkanes of at least 4 members (excludes halogenated alkanes) is 1. The second-order valence-electron chi connectivity index (χ2n) is 5.54. The summed E-state index contributed by atoms with van der Waals surface area (Å²) >= 11 is 0. The van der Waals surface area contributed by atoms with Crippen molar-refractivity contribution in [3.63, 3.8) is 0 Å². The maximum Gasteiger partial charge on any atom is 0.120 e. The van der Waals surface area contributed by atoms with Crippen LogP contribution in [0.4, 0.5) is 0 Å². The zero-order valence-corrected chi connectivity index (χ0v) is 10.9. The molecule has 0 aromatic carbocycles. The molecule has 1 aliphatic rings. The molecule has 0 N–H and O–H groups in total. The van der Waals surface area contributed by atoms with Gasteiger partial charge in [0, 0.05) is 13.0 Å². The fourth-order valence-corrected chi connectivity index (χ4v) is 2.71. The quantitative estimate of drug-likeness (QED) is 0.512. The third kappa shape index (κ3) is 4.25. The highest BCUT2D eigenvalue weighted by atomic mass is 16.5. The summed E-state index contributed by atoms with van der Waals surface area (Å²) in [5, 5.41) is 0. The molecular formula is C14H26O2. The summed E-state index contributed by atoms with van der Waals surface area (Å²) in [4.78, 5) is 10.2. The molecule has 0 spiro atoms. The van der Waals surface area contributed by atoms with Crippen LogP contribution in [0.1, 0.15) is 52.9 Å². The van der Waals surface area contributed by atoms with Gasteiger partial charge in [-0.05, 0) is 37.0 Å². The molecule has 2 nitrogen and oxygen atoms in total. The number of aldehydes is 1. The number of ether oxygens (including phenoxy) is 1. The van der Waals surface area contributed by atoms with Crippen LogP contribution in [0.5, 0.6) is 0 Å².